The van der Waals surface area contributed by atoms with Crippen LogP contribution in [0, 0.1) is 0 Å². The Morgan fingerprint density at radius 2 is 1.71 bits per heavy atom. The first-order valence-electron chi connectivity index (χ1n) is 8.50. The van der Waals surface area contributed by atoms with E-state index in [1.54, 1.807) is 6.07 Å². The zero-order valence-electron chi connectivity index (χ0n) is 15.5. The second-order valence-corrected chi connectivity index (χ2v) is 6.15. The minimum absolute atomic E-state index is 0.0671. The maximum Gasteiger partial charge on any atom is 0.418 e. The van der Waals surface area contributed by atoms with Crippen molar-refractivity contribution in [1.29, 1.82) is 0 Å². The summed E-state index contributed by atoms with van der Waals surface area (Å²) in [6.07, 6.45) is -6.04. The number of alkyl halides is 6. The van der Waals surface area contributed by atoms with E-state index in [9.17, 15) is 31.1 Å². The van der Waals surface area contributed by atoms with Crippen molar-refractivity contribution in [2.45, 2.75) is 25.3 Å². The van der Waals surface area contributed by atoms with Gasteiger partial charge in [0.05, 0.1) is 22.9 Å². The average Bonchev–Trinajstić information content (AvgIpc) is 3.17. The van der Waals surface area contributed by atoms with Gasteiger partial charge in [-0.3, -0.25) is 0 Å². The van der Waals surface area contributed by atoms with E-state index in [-0.39, 0.29) is 17.8 Å². The summed E-state index contributed by atoms with van der Waals surface area (Å²) >= 11 is 0. The van der Waals surface area contributed by atoms with Gasteiger partial charge in [-0.05, 0) is 31.2 Å². The molecule has 0 spiro atoms. The summed E-state index contributed by atoms with van der Waals surface area (Å²) in [5.41, 5.74) is -3.96. The molecule has 2 heterocycles. The van der Waals surface area contributed by atoms with E-state index in [1.165, 1.54) is 30.3 Å². The van der Waals surface area contributed by atoms with Crippen LogP contribution < -0.4 is 10.6 Å². The van der Waals surface area contributed by atoms with Crippen LogP contribution in [-0.4, -0.2) is 30.8 Å². The SMILES string of the molecule is CC(NC(=O)Nc1ccc(C(F)(F)F)cc1C(F)(F)F)c1ncnn1-c1ncccn1. The number of anilines is 1. The molecule has 0 fully saturated rings. The van der Waals surface area contributed by atoms with Gasteiger partial charge in [-0.1, -0.05) is 0 Å². The Balaban J connectivity index is 1.80. The lowest BCUT2D eigenvalue weighted by Gasteiger charge is -2.18. The largest absolute Gasteiger partial charge is 0.418 e. The Kier molecular flexibility index (Phi) is 5.81. The number of nitrogens with one attached hydrogen (secondary N) is 2. The monoisotopic (exact) mass is 445 g/mol. The van der Waals surface area contributed by atoms with Gasteiger partial charge in [0.2, 0.25) is 0 Å². The Labute approximate surface area is 170 Å². The summed E-state index contributed by atoms with van der Waals surface area (Å²) in [5.74, 6) is 0.316. The average molecular weight is 445 g/mol. The molecule has 3 rings (SSSR count). The molecule has 0 aliphatic heterocycles. The third-order valence-corrected chi connectivity index (χ3v) is 3.95. The molecule has 14 heteroatoms. The van der Waals surface area contributed by atoms with Gasteiger partial charge in [-0.2, -0.15) is 36.1 Å². The fraction of sp³-hybridized carbons (Fsp3) is 0.235. The quantitative estimate of drug-likeness (QED) is 0.593. The number of carbonyl (C=O) groups excluding carboxylic acids is 1. The minimum Gasteiger partial charge on any atom is -0.328 e. The van der Waals surface area contributed by atoms with Crippen LogP contribution >= 0.6 is 0 Å². The van der Waals surface area contributed by atoms with Gasteiger partial charge >= 0.3 is 18.4 Å². The number of rotatable bonds is 4. The van der Waals surface area contributed by atoms with Crippen molar-refractivity contribution >= 4 is 11.7 Å². The van der Waals surface area contributed by atoms with Crippen molar-refractivity contribution in [1.82, 2.24) is 30.0 Å². The third kappa shape index (κ3) is 5.07. The third-order valence-electron chi connectivity index (χ3n) is 3.95. The molecule has 1 unspecified atom stereocenters. The lowest BCUT2D eigenvalue weighted by Crippen LogP contribution is -2.33. The molecule has 1 aromatic carbocycles. The van der Waals surface area contributed by atoms with Crippen molar-refractivity contribution in [2.24, 2.45) is 0 Å². The van der Waals surface area contributed by atoms with Crippen LogP contribution in [0.4, 0.5) is 36.8 Å². The number of hydrogen-bond acceptors (Lipinski definition) is 5. The molecule has 3 aromatic rings. The van der Waals surface area contributed by atoms with Crippen molar-refractivity contribution in [2.75, 3.05) is 5.32 Å². The first-order valence-corrected chi connectivity index (χ1v) is 8.50. The molecule has 2 N–H and O–H groups in total. The fourth-order valence-electron chi connectivity index (χ4n) is 2.58. The van der Waals surface area contributed by atoms with Gasteiger partial charge in [0.15, 0.2) is 5.82 Å². The normalized spacial score (nSPS) is 13.0. The molecule has 0 aliphatic carbocycles. The summed E-state index contributed by atoms with van der Waals surface area (Å²) in [6, 6.07) is 0.518. The molecule has 0 bridgehead atoms. The van der Waals surface area contributed by atoms with Gasteiger partial charge in [0.25, 0.3) is 5.95 Å². The molecule has 31 heavy (non-hydrogen) atoms. The zero-order valence-corrected chi connectivity index (χ0v) is 15.5. The van der Waals surface area contributed by atoms with Crippen LogP contribution in [0.2, 0.25) is 0 Å². The highest BCUT2D eigenvalue weighted by molar-refractivity contribution is 5.90. The molecular formula is C17H13F6N7O. The van der Waals surface area contributed by atoms with E-state index in [4.69, 9.17) is 0 Å². The second-order valence-electron chi connectivity index (χ2n) is 6.15. The number of halogens is 6. The predicted molar refractivity (Wildman–Crippen MR) is 94.0 cm³/mol. The van der Waals surface area contributed by atoms with E-state index < -0.39 is 41.2 Å². The van der Waals surface area contributed by atoms with E-state index in [0.717, 1.165) is 0 Å². The van der Waals surface area contributed by atoms with Crippen LogP contribution in [0.25, 0.3) is 5.95 Å². The summed E-state index contributed by atoms with van der Waals surface area (Å²) in [4.78, 5) is 24.2. The molecule has 0 aliphatic rings. The van der Waals surface area contributed by atoms with Crippen molar-refractivity contribution in [3.63, 3.8) is 0 Å². The lowest BCUT2D eigenvalue weighted by molar-refractivity contribution is -0.142. The number of hydrogen-bond donors (Lipinski definition) is 2. The number of nitrogens with zero attached hydrogens (tertiary/aromatic N) is 5. The van der Waals surface area contributed by atoms with Crippen molar-refractivity contribution in [3.05, 3.63) is 59.9 Å². The molecule has 1 atom stereocenters. The molecule has 8 nitrogen and oxygen atoms in total. The number of aromatic nitrogens is 5. The minimum atomic E-state index is -5.12. The van der Waals surface area contributed by atoms with E-state index in [1.807, 2.05) is 5.32 Å². The fourth-order valence-corrected chi connectivity index (χ4v) is 2.58. The van der Waals surface area contributed by atoms with Gasteiger partial charge in [-0.25, -0.2) is 19.7 Å². The van der Waals surface area contributed by atoms with Crippen molar-refractivity contribution in [3.8, 4) is 5.95 Å². The highest BCUT2D eigenvalue weighted by Gasteiger charge is 2.38. The van der Waals surface area contributed by atoms with Gasteiger partial charge < -0.3 is 10.6 Å². The van der Waals surface area contributed by atoms with Crippen molar-refractivity contribution < 1.29 is 31.1 Å². The summed E-state index contributed by atoms with van der Waals surface area (Å²) in [6.45, 7) is 1.47. The number of amides is 2. The smallest absolute Gasteiger partial charge is 0.328 e. The first kappa shape index (κ1) is 22.0. The molecule has 2 amide bonds. The van der Waals surface area contributed by atoms with Gasteiger partial charge in [0, 0.05) is 12.4 Å². The summed E-state index contributed by atoms with van der Waals surface area (Å²) < 4.78 is 79.2. The lowest BCUT2D eigenvalue weighted by atomic mass is 10.1. The molecule has 164 valence electrons. The summed E-state index contributed by atoms with van der Waals surface area (Å²) in [7, 11) is 0. The Morgan fingerprint density at radius 3 is 2.32 bits per heavy atom. The highest BCUT2D eigenvalue weighted by atomic mass is 19.4. The number of carbonyl (C=O) groups is 1. The molecule has 0 radical (unpaired) electrons. The molecular weight excluding hydrogens is 432 g/mol. The van der Waals surface area contributed by atoms with E-state index in [2.05, 4.69) is 25.4 Å². The van der Waals surface area contributed by atoms with E-state index in [0.29, 0.717) is 12.1 Å². The summed E-state index contributed by atoms with van der Waals surface area (Å²) in [5, 5.41) is 8.20. The Hall–Kier alpha value is -3.71. The molecule has 2 aromatic heterocycles. The molecule has 0 saturated carbocycles. The van der Waals surface area contributed by atoms with Crippen LogP contribution in [0.5, 0.6) is 0 Å². The second kappa shape index (κ2) is 8.20. The maximum atomic E-state index is 13.2. The molecule has 0 saturated heterocycles. The van der Waals surface area contributed by atoms with Gasteiger partial charge in [-0.15, -0.1) is 0 Å². The standard InChI is InChI=1S/C17H13F6N7O/c1-9(13-26-8-27-30(13)14-24-5-2-6-25-14)28-15(31)29-12-4-3-10(16(18,19)20)7-11(12)17(21,22)23/h2-9H,1H3,(H2,28,29,31). The number of benzene rings is 1. The van der Waals surface area contributed by atoms with E-state index >= 15 is 0 Å². The Morgan fingerprint density at radius 1 is 1.03 bits per heavy atom. The van der Waals surface area contributed by atoms with Crippen LogP contribution in [-0.2, 0) is 12.4 Å². The topological polar surface area (TPSA) is 97.6 Å². The zero-order chi connectivity index (χ0) is 22.8. The van der Waals surface area contributed by atoms with Crippen LogP contribution in [0.1, 0.15) is 29.9 Å². The van der Waals surface area contributed by atoms with Crippen LogP contribution in [0.3, 0.4) is 0 Å². The highest BCUT2D eigenvalue weighted by Crippen LogP contribution is 2.39. The maximum absolute atomic E-state index is 13.2. The van der Waals surface area contributed by atoms with Crippen LogP contribution in [0.15, 0.2) is 43.0 Å². The predicted octanol–water partition coefficient (Wildman–Crippen LogP) is 3.98. The Bertz CT molecular complexity index is 1060. The van der Waals surface area contributed by atoms with Gasteiger partial charge in [0.1, 0.15) is 6.33 Å². The first-order chi connectivity index (χ1) is 14.5. The number of urea groups is 1.